The minimum Gasteiger partial charge on any atom is -0.370 e. The van der Waals surface area contributed by atoms with Crippen molar-refractivity contribution in [2.45, 2.75) is 57.8 Å². The number of carbonyl (C=O) groups excluding carboxylic acids is 1. The van der Waals surface area contributed by atoms with Crippen LogP contribution in [0.5, 0.6) is 0 Å². The third-order valence-corrected chi connectivity index (χ3v) is 8.03. The summed E-state index contributed by atoms with van der Waals surface area (Å²) in [6, 6.07) is 5.88. The molecule has 2 fully saturated rings. The number of aromatic nitrogens is 4. The van der Waals surface area contributed by atoms with Gasteiger partial charge in [-0.2, -0.15) is 13.2 Å². The standard InChI is InChI=1S/C26H27F5N6O/c1-14-12-35(22-18-5-4-16(15-2-3-15)10-20(18)32-11-19(22)23(27)28)7-6-17(14)24(38)36-8-9-37-21(13-36)33-34-25(37)26(29,30)31/h4-5,10-11,14-15,17,23H,2-3,6-9,12-13H2,1H3/t14-,17+/m1/s1. The van der Waals surface area contributed by atoms with Crippen molar-refractivity contribution in [1.29, 1.82) is 0 Å². The second kappa shape index (κ2) is 9.16. The van der Waals surface area contributed by atoms with Gasteiger partial charge >= 0.3 is 6.18 Å². The SMILES string of the molecule is C[C@@H]1CN(c2c(C(F)F)cnc3cc(C4CC4)ccc23)CC[C@@H]1C(=O)N1CCn2c(nnc2C(F)(F)F)C1. The lowest BCUT2D eigenvalue weighted by Gasteiger charge is -2.41. The molecule has 0 bridgehead atoms. The monoisotopic (exact) mass is 534 g/mol. The van der Waals surface area contributed by atoms with Crippen molar-refractivity contribution in [3.8, 4) is 0 Å². The van der Waals surface area contributed by atoms with Crippen molar-refractivity contribution in [2.24, 2.45) is 11.8 Å². The number of amides is 1. The molecular formula is C26H27F5N6O. The van der Waals surface area contributed by atoms with Crippen LogP contribution in [0.25, 0.3) is 10.9 Å². The van der Waals surface area contributed by atoms with Gasteiger partial charge in [-0.25, -0.2) is 8.78 Å². The summed E-state index contributed by atoms with van der Waals surface area (Å²) < 4.78 is 68.6. The normalized spacial score (nSPS) is 22.3. The molecule has 3 aromatic rings. The van der Waals surface area contributed by atoms with Gasteiger partial charge in [0.2, 0.25) is 11.7 Å². The van der Waals surface area contributed by atoms with Crippen molar-refractivity contribution < 1.29 is 26.7 Å². The second-order valence-corrected chi connectivity index (χ2v) is 10.6. The molecule has 0 unspecified atom stereocenters. The van der Waals surface area contributed by atoms with Crippen molar-refractivity contribution >= 4 is 22.5 Å². The molecule has 1 saturated heterocycles. The van der Waals surface area contributed by atoms with Gasteiger partial charge in [-0.1, -0.05) is 19.1 Å². The number of alkyl halides is 5. The zero-order chi connectivity index (χ0) is 26.8. The number of benzene rings is 1. The summed E-state index contributed by atoms with van der Waals surface area (Å²) in [4.78, 5) is 21.2. The molecule has 7 nitrogen and oxygen atoms in total. The first-order chi connectivity index (χ1) is 18.1. The zero-order valence-corrected chi connectivity index (χ0v) is 20.8. The molecule has 38 heavy (non-hydrogen) atoms. The maximum Gasteiger partial charge on any atom is 0.451 e. The Hall–Kier alpha value is -3.31. The van der Waals surface area contributed by atoms with Crippen LogP contribution in [0.15, 0.2) is 24.4 Å². The Labute approximate surface area is 215 Å². The topological polar surface area (TPSA) is 67.2 Å². The number of pyridine rings is 1. The lowest BCUT2D eigenvalue weighted by molar-refractivity contribution is -0.148. The minimum absolute atomic E-state index is 0.0280. The molecule has 202 valence electrons. The van der Waals surface area contributed by atoms with Gasteiger partial charge in [0.1, 0.15) is 0 Å². The van der Waals surface area contributed by atoms with Crippen LogP contribution < -0.4 is 4.90 Å². The fraction of sp³-hybridized carbons (Fsp3) is 0.538. The van der Waals surface area contributed by atoms with Crippen LogP contribution in [-0.4, -0.2) is 50.2 Å². The Morgan fingerprint density at radius 1 is 1.08 bits per heavy atom. The first-order valence-electron chi connectivity index (χ1n) is 12.9. The number of hydrogen-bond acceptors (Lipinski definition) is 5. The third-order valence-electron chi connectivity index (χ3n) is 8.03. The summed E-state index contributed by atoms with van der Waals surface area (Å²) in [5.41, 5.74) is 2.22. The molecule has 1 amide bonds. The van der Waals surface area contributed by atoms with E-state index >= 15 is 0 Å². The molecule has 12 heteroatoms. The van der Waals surface area contributed by atoms with Crippen LogP contribution in [0.3, 0.4) is 0 Å². The Morgan fingerprint density at radius 3 is 2.55 bits per heavy atom. The number of hydrogen-bond donors (Lipinski definition) is 0. The lowest BCUT2D eigenvalue weighted by atomic mass is 9.85. The molecule has 3 aliphatic rings. The van der Waals surface area contributed by atoms with E-state index in [4.69, 9.17) is 0 Å². The predicted molar refractivity (Wildman–Crippen MR) is 129 cm³/mol. The molecule has 1 aliphatic carbocycles. The van der Waals surface area contributed by atoms with Crippen LogP contribution in [0.4, 0.5) is 27.6 Å². The third kappa shape index (κ3) is 4.37. The highest BCUT2D eigenvalue weighted by Gasteiger charge is 2.41. The van der Waals surface area contributed by atoms with Crippen molar-refractivity contribution in [3.05, 3.63) is 47.2 Å². The van der Waals surface area contributed by atoms with Crippen LogP contribution in [0.1, 0.15) is 61.3 Å². The molecule has 1 saturated carbocycles. The van der Waals surface area contributed by atoms with E-state index in [2.05, 4.69) is 15.2 Å². The number of anilines is 1. The Morgan fingerprint density at radius 2 is 1.87 bits per heavy atom. The zero-order valence-electron chi connectivity index (χ0n) is 20.8. The highest BCUT2D eigenvalue weighted by atomic mass is 19.4. The van der Waals surface area contributed by atoms with Crippen LogP contribution in [0, 0.1) is 11.8 Å². The van der Waals surface area contributed by atoms with E-state index in [-0.39, 0.29) is 48.8 Å². The second-order valence-electron chi connectivity index (χ2n) is 10.6. The quantitative estimate of drug-likeness (QED) is 0.433. The largest absolute Gasteiger partial charge is 0.451 e. The predicted octanol–water partition coefficient (Wildman–Crippen LogP) is 5.16. The van der Waals surface area contributed by atoms with E-state index in [1.165, 1.54) is 16.7 Å². The number of nitrogens with zero attached hydrogens (tertiary/aromatic N) is 6. The van der Waals surface area contributed by atoms with E-state index in [0.717, 1.165) is 17.4 Å². The first kappa shape index (κ1) is 25.0. The summed E-state index contributed by atoms with van der Waals surface area (Å²) in [7, 11) is 0. The molecule has 0 N–H and O–H groups in total. The van der Waals surface area contributed by atoms with Crippen molar-refractivity contribution in [2.75, 3.05) is 24.5 Å². The highest BCUT2D eigenvalue weighted by Crippen LogP contribution is 2.43. The average Bonchev–Trinajstić information content (AvgIpc) is 3.64. The highest BCUT2D eigenvalue weighted by molar-refractivity contribution is 5.94. The fourth-order valence-corrected chi connectivity index (χ4v) is 5.90. The van der Waals surface area contributed by atoms with E-state index in [1.54, 1.807) is 0 Å². The molecule has 4 heterocycles. The molecule has 2 aliphatic heterocycles. The van der Waals surface area contributed by atoms with Gasteiger partial charge in [0, 0.05) is 43.7 Å². The molecule has 0 spiro atoms. The minimum atomic E-state index is -4.60. The number of piperidine rings is 1. The molecule has 1 aromatic carbocycles. The number of fused-ring (bicyclic) bond motifs is 2. The van der Waals surface area contributed by atoms with Gasteiger partial charge in [0.25, 0.3) is 6.43 Å². The summed E-state index contributed by atoms with van der Waals surface area (Å²) in [6.45, 7) is 2.80. The Balaban J connectivity index is 1.21. The molecular weight excluding hydrogens is 507 g/mol. The summed E-state index contributed by atoms with van der Waals surface area (Å²) >= 11 is 0. The van der Waals surface area contributed by atoms with E-state index < -0.39 is 18.4 Å². The maximum absolute atomic E-state index is 14.1. The van der Waals surface area contributed by atoms with Gasteiger partial charge in [0.05, 0.1) is 23.3 Å². The van der Waals surface area contributed by atoms with Gasteiger partial charge in [-0.05, 0) is 42.7 Å². The fourth-order valence-electron chi connectivity index (χ4n) is 5.90. The molecule has 6 rings (SSSR count). The van der Waals surface area contributed by atoms with Crippen molar-refractivity contribution in [1.82, 2.24) is 24.6 Å². The van der Waals surface area contributed by atoms with E-state index in [1.807, 2.05) is 30.0 Å². The number of halogens is 5. The number of rotatable bonds is 4. The maximum atomic E-state index is 14.1. The Kier molecular flexibility index (Phi) is 6.03. The average molecular weight is 535 g/mol. The van der Waals surface area contributed by atoms with Gasteiger partial charge in [-0.15, -0.1) is 10.2 Å². The van der Waals surface area contributed by atoms with Crippen LogP contribution >= 0.6 is 0 Å². The summed E-state index contributed by atoms with van der Waals surface area (Å²) in [6.07, 6.45) is -3.32. The molecule has 2 aromatic heterocycles. The van der Waals surface area contributed by atoms with Gasteiger partial charge in [-0.3, -0.25) is 9.78 Å². The van der Waals surface area contributed by atoms with E-state index in [9.17, 15) is 26.7 Å². The first-order valence-corrected chi connectivity index (χ1v) is 12.9. The summed E-state index contributed by atoms with van der Waals surface area (Å²) in [5, 5.41) is 7.62. The molecule has 2 atom stereocenters. The van der Waals surface area contributed by atoms with Crippen molar-refractivity contribution in [3.63, 3.8) is 0 Å². The van der Waals surface area contributed by atoms with Gasteiger partial charge < -0.3 is 14.4 Å². The smallest absolute Gasteiger partial charge is 0.370 e. The summed E-state index contributed by atoms with van der Waals surface area (Å²) in [5.74, 6) is -1.09. The Bertz CT molecular complexity index is 1380. The number of carbonyl (C=O) groups is 1. The van der Waals surface area contributed by atoms with E-state index in [0.29, 0.717) is 42.0 Å². The van der Waals surface area contributed by atoms with Gasteiger partial charge in [0.15, 0.2) is 5.82 Å². The molecule has 0 radical (unpaired) electrons. The van der Waals surface area contributed by atoms with Crippen LogP contribution in [-0.2, 0) is 24.1 Å². The lowest BCUT2D eigenvalue weighted by Crippen LogP contribution is -2.49. The van der Waals surface area contributed by atoms with Crippen LogP contribution in [0.2, 0.25) is 0 Å².